The molecule has 1 aliphatic heterocycles. The fraction of sp³-hybridized carbons (Fsp3) is 0.368. The number of nitrogens with zero attached hydrogens (tertiary/aromatic N) is 1. The molecule has 0 unspecified atom stereocenters. The minimum absolute atomic E-state index is 0.00301. The van der Waals surface area contributed by atoms with Crippen molar-refractivity contribution in [1.29, 1.82) is 0 Å². The second-order valence-electron chi connectivity index (χ2n) is 6.51. The van der Waals surface area contributed by atoms with E-state index in [1.54, 1.807) is 17.0 Å². The van der Waals surface area contributed by atoms with Crippen LogP contribution in [0.5, 0.6) is 5.75 Å². The first-order valence-electron chi connectivity index (χ1n) is 8.37. The van der Waals surface area contributed by atoms with Crippen LogP contribution in [0.15, 0.2) is 40.8 Å². The van der Waals surface area contributed by atoms with Gasteiger partial charge in [0.25, 0.3) is 11.8 Å². The Kier molecular flexibility index (Phi) is 4.79. The number of furan rings is 1. The summed E-state index contributed by atoms with van der Waals surface area (Å²) < 4.78 is 11.1. The van der Waals surface area contributed by atoms with E-state index in [4.69, 9.17) is 9.15 Å². The molecular weight excluding hydrogens is 320 g/mol. The number of para-hydroxylation sites is 2. The molecule has 0 fully saturated rings. The minimum Gasteiger partial charge on any atom is -0.482 e. The molecule has 1 aromatic carbocycles. The van der Waals surface area contributed by atoms with E-state index < -0.39 is 0 Å². The first-order valence-corrected chi connectivity index (χ1v) is 8.37. The zero-order valence-electron chi connectivity index (χ0n) is 14.6. The van der Waals surface area contributed by atoms with Crippen LogP contribution in [-0.2, 0) is 11.3 Å². The molecule has 0 aliphatic carbocycles. The molecule has 1 aliphatic rings. The number of hydrogen-bond acceptors (Lipinski definition) is 4. The summed E-state index contributed by atoms with van der Waals surface area (Å²) in [5, 5.41) is 2.90. The summed E-state index contributed by atoms with van der Waals surface area (Å²) >= 11 is 0. The van der Waals surface area contributed by atoms with Crippen molar-refractivity contribution in [3.8, 4) is 5.75 Å². The molecule has 0 bridgehead atoms. The number of carbonyl (C=O) groups excluding carboxylic acids is 2. The highest BCUT2D eigenvalue weighted by Gasteiger charge is 2.26. The lowest BCUT2D eigenvalue weighted by atomic mass is 10.1. The Hall–Kier alpha value is -2.76. The van der Waals surface area contributed by atoms with E-state index in [2.05, 4.69) is 5.32 Å². The van der Waals surface area contributed by atoms with Crippen molar-refractivity contribution in [2.45, 2.75) is 33.4 Å². The normalized spacial score (nSPS) is 14.9. The number of amides is 2. The molecule has 0 spiro atoms. The maximum Gasteiger partial charge on any atom is 0.287 e. The lowest BCUT2D eigenvalue weighted by Crippen LogP contribution is -2.38. The highest BCUT2D eigenvalue weighted by molar-refractivity contribution is 5.97. The largest absolute Gasteiger partial charge is 0.482 e. The first kappa shape index (κ1) is 17.1. The highest BCUT2D eigenvalue weighted by Crippen LogP contribution is 2.32. The molecule has 1 N–H and O–H groups in total. The van der Waals surface area contributed by atoms with Gasteiger partial charge in [0.05, 0.1) is 12.2 Å². The van der Waals surface area contributed by atoms with E-state index in [0.717, 1.165) is 0 Å². The molecule has 25 heavy (non-hydrogen) atoms. The average molecular weight is 342 g/mol. The lowest BCUT2D eigenvalue weighted by molar-refractivity contribution is -0.121. The highest BCUT2D eigenvalue weighted by atomic mass is 16.5. The number of anilines is 1. The van der Waals surface area contributed by atoms with Gasteiger partial charge in [-0.3, -0.25) is 14.5 Å². The molecule has 6 nitrogen and oxygen atoms in total. The van der Waals surface area contributed by atoms with Gasteiger partial charge in [-0.05, 0) is 37.1 Å². The van der Waals surface area contributed by atoms with Gasteiger partial charge < -0.3 is 14.5 Å². The monoisotopic (exact) mass is 342 g/mol. The van der Waals surface area contributed by atoms with Crippen molar-refractivity contribution in [3.05, 3.63) is 47.9 Å². The van der Waals surface area contributed by atoms with Gasteiger partial charge >= 0.3 is 0 Å². The van der Waals surface area contributed by atoms with Crippen LogP contribution in [0.25, 0.3) is 0 Å². The SMILES string of the molecule is CC(C)[C@H](C)NC(=O)c1ccc(CN2C(=O)COc3ccccc32)o1. The third-order valence-electron chi connectivity index (χ3n) is 4.37. The van der Waals surface area contributed by atoms with E-state index >= 15 is 0 Å². The minimum atomic E-state index is -0.249. The number of rotatable bonds is 5. The molecule has 3 rings (SSSR count). The lowest BCUT2D eigenvalue weighted by Gasteiger charge is -2.28. The molecule has 6 heteroatoms. The third-order valence-corrected chi connectivity index (χ3v) is 4.37. The van der Waals surface area contributed by atoms with Crippen LogP contribution < -0.4 is 15.0 Å². The standard InChI is InChI=1S/C19H22N2O4/c1-12(2)13(3)20-19(23)17-9-8-14(25-17)10-21-15-6-4-5-7-16(15)24-11-18(21)22/h4-9,12-13H,10-11H2,1-3H3,(H,20,23)/t13-/m0/s1. The topological polar surface area (TPSA) is 71.8 Å². The van der Waals surface area contributed by atoms with Crippen LogP contribution >= 0.6 is 0 Å². The summed E-state index contributed by atoms with van der Waals surface area (Å²) in [6.45, 7) is 6.29. The van der Waals surface area contributed by atoms with Crippen LogP contribution in [0, 0.1) is 5.92 Å². The van der Waals surface area contributed by atoms with Crippen molar-refractivity contribution in [2.24, 2.45) is 5.92 Å². The van der Waals surface area contributed by atoms with Crippen LogP contribution in [0.1, 0.15) is 37.1 Å². The van der Waals surface area contributed by atoms with Crippen molar-refractivity contribution >= 4 is 17.5 Å². The van der Waals surface area contributed by atoms with Gasteiger partial charge in [-0.15, -0.1) is 0 Å². The summed E-state index contributed by atoms with van der Waals surface area (Å²) in [6, 6.07) is 10.8. The Morgan fingerprint density at radius 3 is 2.72 bits per heavy atom. The van der Waals surface area contributed by atoms with Gasteiger partial charge in [0.2, 0.25) is 0 Å². The number of fused-ring (bicyclic) bond motifs is 1. The predicted molar refractivity (Wildman–Crippen MR) is 93.6 cm³/mol. The number of benzene rings is 1. The number of ether oxygens (including phenoxy) is 1. The van der Waals surface area contributed by atoms with E-state index in [0.29, 0.717) is 23.1 Å². The van der Waals surface area contributed by atoms with Gasteiger partial charge in [0.15, 0.2) is 12.4 Å². The van der Waals surface area contributed by atoms with Crippen LogP contribution in [0.4, 0.5) is 5.69 Å². The molecule has 2 aromatic rings. The third kappa shape index (κ3) is 3.68. The smallest absolute Gasteiger partial charge is 0.287 e. The molecule has 132 valence electrons. The molecule has 0 saturated carbocycles. The molecule has 2 amide bonds. The van der Waals surface area contributed by atoms with E-state index in [1.807, 2.05) is 45.0 Å². The van der Waals surface area contributed by atoms with Gasteiger partial charge in [0.1, 0.15) is 11.5 Å². The van der Waals surface area contributed by atoms with Gasteiger partial charge in [-0.25, -0.2) is 0 Å². The Balaban J connectivity index is 1.73. The Morgan fingerprint density at radius 2 is 1.96 bits per heavy atom. The Morgan fingerprint density at radius 1 is 1.20 bits per heavy atom. The number of nitrogens with one attached hydrogen (secondary N) is 1. The van der Waals surface area contributed by atoms with E-state index in [-0.39, 0.29) is 36.8 Å². The van der Waals surface area contributed by atoms with Gasteiger partial charge in [-0.1, -0.05) is 26.0 Å². The van der Waals surface area contributed by atoms with Crippen molar-refractivity contribution in [3.63, 3.8) is 0 Å². The maximum atomic E-state index is 12.2. The quantitative estimate of drug-likeness (QED) is 0.907. The molecular formula is C19H22N2O4. The molecule has 0 saturated heterocycles. The average Bonchev–Trinajstić information content (AvgIpc) is 3.06. The fourth-order valence-corrected chi connectivity index (χ4v) is 2.51. The van der Waals surface area contributed by atoms with Crippen LogP contribution in [0.3, 0.4) is 0 Å². The van der Waals surface area contributed by atoms with Gasteiger partial charge in [-0.2, -0.15) is 0 Å². The van der Waals surface area contributed by atoms with E-state index in [1.165, 1.54) is 0 Å². The summed E-state index contributed by atoms with van der Waals surface area (Å²) in [5.74, 6) is 1.40. The summed E-state index contributed by atoms with van der Waals surface area (Å²) in [7, 11) is 0. The second kappa shape index (κ2) is 7.01. The Bertz CT molecular complexity index is 781. The number of hydrogen-bond donors (Lipinski definition) is 1. The van der Waals surface area contributed by atoms with Crippen LogP contribution in [-0.4, -0.2) is 24.5 Å². The van der Waals surface area contributed by atoms with Crippen molar-refractivity contribution in [2.75, 3.05) is 11.5 Å². The Labute approximate surface area is 146 Å². The molecule has 1 aromatic heterocycles. The number of carbonyl (C=O) groups is 2. The van der Waals surface area contributed by atoms with Crippen molar-refractivity contribution < 1.29 is 18.7 Å². The summed E-state index contributed by atoms with van der Waals surface area (Å²) in [6.07, 6.45) is 0. The molecule has 1 atom stereocenters. The summed E-state index contributed by atoms with van der Waals surface area (Å²) in [4.78, 5) is 26.0. The van der Waals surface area contributed by atoms with Crippen molar-refractivity contribution in [1.82, 2.24) is 5.32 Å². The van der Waals surface area contributed by atoms with Gasteiger partial charge in [0, 0.05) is 6.04 Å². The zero-order valence-corrected chi connectivity index (χ0v) is 14.6. The predicted octanol–water partition coefficient (Wildman–Crippen LogP) is 2.98. The molecule has 2 heterocycles. The zero-order chi connectivity index (χ0) is 18.0. The fourth-order valence-electron chi connectivity index (χ4n) is 2.51. The maximum absolute atomic E-state index is 12.2. The first-order chi connectivity index (χ1) is 12.0. The summed E-state index contributed by atoms with van der Waals surface area (Å²) in [5.41, 5.74) is 0.703. The molecule has 0 radical (unpaired) electrons. The van der Waals surface area contributed by atoms with Crippen LogP contribution in [0.2, 0.25) is 0 Å². The second-order valence-corrected chi connectivity index (χ2v) is 6.51. The van der Waals surface area contributed by atoms with E-state index in [9.17, 15) is 9.59 Å².